The van der Waals surface area contributed by atoms with Crippen LogP contribution in [-0.2, 0) is 16.0 Å². The molecule has 0 radical (unpaired) electrons. The minimum absolute atomic E-state index is 0.127. The van der Waals surface area contributed by atoms with Gasteiger partial charge in [0, 0.05) is 12.2 Å². The molecule has 5 rings (SSSR count). The summed E-state index contributed by atoms with van der Waals surface area (Å²) in [6, 6.07) is 15.9. The Hall–Kier alpha value is -3.15. The van der Waals surface area contributed by atoms with E-state index >= 15 is 0 Å². The van der Waals surface area contributed by atoms with Crippen molar-refractivity contribution >= 4 is 29.2 Å². The number of hydrogen-bond acceptors (Lipinski definition) is 4. The molecular formula is C24H25N3O3. The number of rotatable bonds is 1. The van der Waals surface area contributed by atoms with Crippen LogP contribution in [0.25, 0.3) is 0 Å². The Morgan fingerprint density at radius 2 is 1.67 bits per heavy atom. The zero-order chi connectivity index (χ0) is 21.0. The Morgan fingerprint density at radius 1 is 0.967 bits per heavy atom. The lowest BCUT2D eigenvalue weighted by Gasteiger charge is -2.56. The third-order valence-corrected chi connectivity index (χ3v) is 6.86. The standard InChI is InChI=1S/C24H25N3O3/c1-15-12-16(2)20-24(13-17-8-6-7-11-19(17)26(20)14-15)21(28)25-23(30)27(22(24)29)18-9-4-3-5-10-18/h3-11,15-16,20H,12-14H2,1-2H3,(H,25,28,30)/t15-,16+,20-,24+/m1/s1. The summed E-state index contributed by atoms with van der Waals surface area (Å²) in [4.78, 5) is 43.6. The van der Waals surface area contributed by atoms with Crippen molar-refractivity contribution in [3.8, 4) is 0 Å². The highest BCUT2D eigenvalue weighted by molar-refractivity contribution is 6.30. The van der Waals surface area contributed by atoms with Crippen LogP contribution in [0.4, 0.5) is 16.2 Å². The van der Waals surface area contributed by atoms with Crippen LogP contribution >= 0.6 is 0 Å². The number of nitrogens with zero attached hydrogens (tertiary/aromatic N) is 2. The number of anilines is 2. The van der Waals surface area contributed by atoms with Gasteiger partial charge in [-0.3, -0.25) is 14.9 Å². The van der Waals surface area contributed by atoms with E-state index in [1.54, 1.807) is 24.3 Å². The molecule has 0 aliphatic carbocycles. The van der Waals surface area contributed by atoms with Gasteiger partial charge in [-0.1, -0.05) is 50.2 Å². The van der Waals surface area contributed by atoms with Gasteiger partial charge in [0.1, 0.15) is 0 Å². The second-order valence-corrected chi connectivity index (χ2v) is 8.93. The molecule has 3 aliphatic rings. The SMILES string of the molecule is C[C@@H]1C[C@H](C)[C@H]2N(C1)c1ccccc1C[C@@]21C(=O)NC(=O)N(c2ccccc2)C1=O. The Balaban J connectivity index is 1.70. The molecule has 0 unspecified atom stereocenters. The van der Waals surface area contributed by atoms with E-state index < -0.39 is 23.3 Å². The molecule has 3 heterocycles. The monoisotopic (exact) mass is 403 g/mol. The van der Waals surface area contributed by atoms with Gasteiger partial charge in [0.2, 0.25) is 5.91 Å². The van der Waals surface area contributed by atoms with Crippen LogP contribution in [0, 0.1) is 17.3 Å². The van der Waals surface area contributed by atoms with Gasteiger partial charge in [0.05, 0.1) is 11.7 Å². The summed E-state index contributed by atoms with van der Waals surface area (Å²) in [5.74, 6) is -0.320. The van der Waals surface area contributed by atoms with Gasteiger partial charge >= 0.3 is 6.03 Å². The van der Waals surface area contributed by atoms with Crippen molar-refractivity contribution in [1.29, 1.82) is 0 Å². The number of hydrogen-bond donors (Lipinski definition) is 1. The molecule has 154 valence electrons. The summed E-state index contributed by atoms with van der Waals surface area (Å²) >= 11 is 0. The Kier molecular flexibility index (Phi) is 4.20. The number of urea groups is 1. The highest BCUT2D eigenvalue weighted by atomic mass is 16.2. The quantitative estimate of drug-likeness (QED) is 0.742. The summed E-state index contributed by atoms with van der Waals surface area (Å²) in [5.41, 5.74) is 1.21. The molecule has 6 nitrogen and oxygen atoms in total. The summed E-state index contributed by atoms with van der Waals surface area (Å²) in [5, 5.41) is 2.52. The minimum Gasteiger partial charge on any atom is -0.366 e. The van der Waals surface area contributed by atoms with Crippen molar-refractivity contribution < 1.29 is 14.4 Å². The molecule has 30 heavy (non-hydrogen) atoms. The molecule has 0 aromatic heterocycles. The Bertz CT molecular complexity index is 1040. The maximum atomic E-state index is 14.0. The molecule has 4 atom stereocenters. The molecule has 0 saturated carbocycles. The van der Waals surface area contributed by atoms with Crippen molar-refractivity contribution in [2.75, 3.05) is 16.3 Å². The van der Waals surface area contributed by atoms with Crippen LogP contribution in [0.3, 0.4) is 0 Å². The fraction of sp³-hybridized carbons (Fsp3) is 0.375. The van der Waals surface area contributed by atoms with E-state index in [0.717, 1.165) is 29.1 Å². The van der Waals surface area contributed by atoms with Crippen molar-refractivity contribution in [3.05, 3.63) is 60.2 Å². The molecule has 3 aliphatic heterocycles. The molecule has 1 N–H and O–H groups in total. The molecule has 2 fully saturated rings. The first-order chi connectivity index (χ1) is 14.4. The van der Waals surface area contributed by atoms with Gasteiger partial charge in [-0.15, -0.1) is 0 Å². The van der Waals surface area contributed by atoms with E-state index in [1.807, 2.05) is 24.3 Å². The number of nitrogens with one attached hydrogen (secondary N) is 1. The average Bonchev–Trinajstić information content (AvgIpc) is 2.72. The molecule has 2 saturated heterocycles. The number of fused-ring (bicyclic) bond motifs is 4. The number of carbonyl (C=O) groups excluding carboxylic acids is 3. The maximum Gasteiger partial charge on any atom is 0.335 e. The van der Waals surface area contributed by atoms with Gasteiger partial charge in [0.15, 0.2) is 5.41 Å². The maximum absolute atomic E-state index is 14.0. The highest BCUT2D eigenvalue weighted by Crippen LogP contribution is 2.50. The van der Waals surface area contributed by atoms with E-state index in [4.69, 9.17) is 0 Å². The minimum atomic E-state index is -1.34. The predicted molar refractivity (Wildman–Crippen MR) is 114 cm³/mol. The average molecular weight is 403 g/mol. The lowest BCUT2D eigenvalue weighted by Crippen LogP contribution is -2.74. The number of piperidine rings is 1. The number of imide groups is 2. The van der Waals surface area contributed by atoms with Gasteiger partial charge in [-0.2, -0.15) is 0 Å². The normalized spacial score (nSPS) is 30.7. The first-order valence-corrected chi connectivity index (χ1v) is 10.5. The summed E-state index contributed by atoms with van der Waals surface area (Å²) in [6.07, 6.45) is 1.23. The summed E-state index contributed by atoms with van der Waals surface area (Å²) < 4.78 is 0. The van der Waals surface area contributed by atoms with E-state index in [9.17, 15) is 14.4 Å². The lowest BCUT2D eigenvalue weighted by atomic mass is 9.62. The zero-order valence-electron chi connectivity index (χ0n) is 17.2. The van der Waals surface area contributed by atoms with Crippen molar-refractivity contribution in [2.24, 2.45) is 17.3 Å². The molecule has 0 bridgehead atoms. The molecular weight excluding hydrogens is 378 g/mol. The smallest absolute Gasteiger partial charge is 0.335 e. The largest absolute Gasteiger partial charge is 0.366 e. The number of carbonyl (C=O) groups is 3. The van der Waals surface area contributed by atoms with Crippen LogP contribution < -0.4 is 15.1 Å². The topological polar surface area (TPSA) is 69.7 Å². The van der Waals surface area contributed by atoms with Gasteiger partial charge in [-0.05, 0) is 48.4 Å². The number of amides is 4. The van der Waals surface area contributed by atoms with E-state index in [0.29, 0.717) is 18.0 Å². The molecule has 2 aromatic carbocycles. The van der Waals surface area contributed by atoms with Crippen LogP contribution in [0.1, 0.15) is 25.8 Å². The molecule has 6 heteroatoms. The van der Waals surface area contributed by atoms with E-state index in [2.05, 4.69) is 30.1 Å². The van der Waals surface area contributed by atoms with Crippen molar-refractivity contribution in [2.45, 2.75) is 32.7 Å². The van der Waals surface area contributed by atoms with Crippen LogP contribution in [0.2, 0.25) is 0 Å². The lowest BCUT2D eigenvalue weighted by molar-refractivity contribution is -0.146. The van der Waals surface area contributed by atoms with Gasteiger partial charge < -0.3 is 4.90 Å². The molecule has 4 amide bonds. The van der Waals surface area contributed by atoms with E-state index in [1.165, 1.54) is 0 Å². The van der Waals surface area contributed by atoms with E-state index in [-0.39, 0.29) is 12.0 Å². The van der Waals surface area contributed by atoms with Crippen LogP contribution in [-0.4, -0.2) is 30.4 Å². The predicted octanol–water partition coefficient (Wildman–Crippen LogP) is 3.36. The van der Waals surface area contributed by atoms with Crippen LogP contribution in [0.15, 0.2) is 54.6 Å². The first kappa shape index (κ1) is 18.9. The number of para-hydroxylation sites is 2. The number of barbiturate groups is 1. The Labute approximate surface area is 175 Å². The summed E-state index contributed by atoms with van der Waals surface area (Å²) in [7, 11) is 0. The van der Waals surface area contributed by atoms with Crippen molar-refractivity contribution in [1.82, 2.24) is 5.32 Å². The van der Waals surface area contributed by atoms with Crippen molar-refractivity contribution in [3.63, 3.8) is 0 Å². The Morgan fingerprint density at radius 3 is 2.43 bits per heavy atom. The summed E-state index contributed by atoms with van der Waals surface area (Å²) in [6.45, 7) is 5.11. The first-order valence-electron chi connectivity index (χ1n) is 10.5. The second-order valence-electron chi connectivity index (χ2n) is 8.93. The van der Waals surface area contributed by atoms with Gasteiger partial charge in [0.25, 0.3) is 5.91 Å². The second kappa shape index (κ2) is 6.69. The zero-order valence-corrected chi connectivity index (χ0v) is 17.2. The third-order valence-electron chi connectivity index (χ3n) is 6.86. The molecule has 1 spiro atoms. The van der Waals surface area contributed by atoms with Crippen LogP contribution in [0.5, 0.6) is 0 Å². The third kappa shape index (κ3) is 2.52. The number of benzene rings is 2. The highest BCUT2D eigenvalue weighted by Gasteiger charge is 2.64. The molecule has 2 aromatic rings. The fourth-order valence-electron chi connectivity index (χ4n) is 5.82. The van der Waals surface area contributed by atoms with Gasteiger partial charge in [-0.25, -0.2) is 9.69 Å². The fourth-order valence-corrected chi connectivity index (χ4v) is 5.82.